The molecule has 1 unspecified atom stereocenters. The van der Waals surface area contributed by atoms with Crippen LogP contribution in [0.4, 0.5) is 5.69 Å². The summed E-state index contributed by atoms with van der Waals surface area (Å²) in [7, 11) is 0. The molecule has 1 aliphatic heterocycles. The molecule has 1 heterocycles. The van der Waals surface area contributed by atoms with Crippen LogP contribution in [0.1, 0.15) is 25.3 Å². The zero-order chi connectivity index (χ0) is 14.6. The van der Waals surface area contributed by atoms with E-state index >= 15 is 0 Å². The summed E-state index contributed by atoms with van der Waals surface area (Å²) < 4.78 is 0. The van der Waals surface area contributed by atoms with Crippen LogP contribution in [-0.4, -0.2) is 41.1 Å². The molecule has 5 nitrogen and oxygen atoms in total. The normalized spacial score (nSPS) is 22.9. The van der Waals surface area contributed by atoms with Crippen molar-refractivity contribution in [1.29, 1.82) is 0 Å². The first-order valence-corrected chi connectivity index (χ1v) is 7.02. The van der Waals surface area contributed by atoms with Gasteiger partial charge in [-0.15, -0.1) is 0 Å². The zero-order valence-corrected chi connectivity index (χ0v) is 11.9. The average molecular weight is 277 g/mol. The van der Waals surface area contributed by atoms with Crippen molar-refractivity contribution in [3.05, 3.63) is 29.8 Å². The molecule has 0 bridgehead atoms. The molecule has 0 radical (unpaired) electrons. The largest absolute Gasteiger partial charge is 0.389 e. The fourth-order valence-corrected chi connectivity index (χ4v) is 2.49. The first-order valence-electron chi connectivity index (χ1n) is 7.02. The van der Waals surface area contributed by atoms with E-state index < -0.39 is 5.60 Å². The standard InChI is InChI=1S/C15H23N3O2/c1-15(20)6-8-18(11-15)7-5-14(19)17-13-4-2-3-12(9-13)10-16/h2-4,9,20H,5-8,10-11,16H2,1H3,(H,17,19). The Morgan fingerprint density at radius 3 is 3.00 bits per heavy atom. The number of nitrogens with two attached hydrogens (primary N) is 1. The number of likely N-dealkylation sites (tertiary alicyclic amines) is 1. The van der Waals surface area contributed by atoms with Crippen molar-refractivity contribution in [2.24, 2.45) is 5.73 Å². The molecule has 0 spiro atoms. The molecule has 1 fully saturated rings. The van der Waals surface area contributed by atoms with E-state index in [2.05, 4.69) is 10.2 Å². The van der Waals surface area contributed by atoms with Gasteiger partial charge in [0.2, 0.25) is 5.91 Å². The number of nitrogens with one attached hydrogen (secondary N) is 1. The Bertz CT molecular complexity index is 474. The SMILES string of the molecule is CC1(O)CCN(CCC(=O)Nc2cccc(CN)c2)C1. The molecule has 0 saturated carbocycles. The van der Waals surface area contributed by atoms with Crippen LogP contribution in [0, 0.1) is 0 Å². The van der Waals surface area contributed by atoms with Crippen LogP contribution in [0.3, 0.4) is 0 Å². The third-order valence-corrected chi connectivity index (χ3v) is 3.63. The number of amides is 1. The maximum absolute atomic E-state index is 11.9. The molecule has 4 N–H and O–H groups in total. The number of aliphatic hydroxyl groups is 1. The van der Waals surface area contributed by atoms with Gasteiger partial charge in [0.25, 0.3) is 0 Å². The highest BCUT2D eigenvalue weighted by Gasteiger charge is 2.30. The van der Waals surface area contributed by atoms with Crippen LogP contribution in [0.5, 0.6) is 0 Å². The highest BCUT2D eigenvalue weighted by atomic mass is 16.3. The predicted molar refractivity (Wildman–Crippen MR) is 79.3 cm³/mol. The van der Waals surface area contributed by atoms with Gasteiger partial charge in [-0.25, -0.2) is 0 Å². The van der Waals surface area contributed by atoms with Gasteiger partial charge in [0.1, 0.15) is 0 Å². The minimum atomic E-state index is -0.605. The van der Waals surface area contributed by atoms with Crippen molar-refractivity contribution in [1.82, 2.24) is 4.90 Å². The van der Waals surface area contributed by atoms with Crippen molar-refractivity contribution in [2.75, 3.05) is 25.0 Å². The maximum Gasteiger partial charge on any atom is 0.225 e. The van der Waals surface area contributed by atoms with E-state index in [9.17, 15) is 9.90 Å². The smallest absolute Gasteiger partial charge is 0.225 e. The van der Waals surface area contributed by atoms with Crippen LogP contribution < -0.4 is 11.1 Å². The van der Waals surface area contributed by atoms with E-state index in [4.69, 9.17) is 5.73 Å². The monoisotopic (exact) mass is 277 g/mol. The molecule has 1 saturated heterocycles. The van der Waals surface area contributed by atoms with Gasteiger partial charge in [-0.05, 0) is 31.0 Å². The molecule has 110 valence electrons. The molecule has 20 heavy (non-hydrogen) atoms. The third kappa shape index (κ3) is 4.30. The summed E-state index contributed by atoms with van der Waals surface area (Å²) >= 11 is 0. The van der Waals surface area contributed by atoms with Gasteiger partial charge in [0, 0.05) is 38.3 Å². The van der Waals surface area contributed by atoms with Crippen LogP contribution in [0.15, 0.2) is 24.3 Å². The van der Waals surface area contributed by atoms with Crippen LogP contribution in [-0.2, 0) is 11.3 Å². The van der Waals surface area contributed by atoms with E-state index in [0.29, 0.717) is 26.1 Å². The van der Waals surface area contributed by atoms with Crippen molar-refractivity contribution < 1.29 is 9.90 Å². The number of hydrogen-bond acceptors (Lipinski definition) is 4. The summed E-state index contributed by atoms with van der Waals surface area (Å²) in [5, 5.41) is 12.7. The topological polar surface area (TPSA) is 78.6 Å². The number of carbonyl (C=O) groups excluding carboxylic acids is 1. The Balaban J connectivity index is 1.78. The second-order valence-corrected chi connectivity index (χ2v) is 5.73. The molecule has 0 aliphatic carbocycles. The highest BCUT2D eigenvalue weighted by Crippen LogP contribution is 2.20. The second-order valence-electron chi connectivity index (χ2n) is 5.73. The molecule has 1 atom stereocenters. The van der Waals surface area contributed by atoms with Crippen molar-refractivity contribution in [3.8, 4) is 0 Å². The van der Waals surface area contributed by atoms with Crippen molar-refractivity contribution in [2.45, 2.75) is 31.9 Å². The molecule has 1 aromatic carbocycles. The second kappa shape index (κ2) is 6.35. The minimum absolute atomic E-state index is 0.00860. The summed E-state index contributed by atoms with van der Waals surface area (Å²) in [4.78, 5) is 14.0. The van der Waals surface area contributed by atoms with Crippen molar-refractivity contribution in [3.63, 3.8) is 0 Å². The molecular formula is C15H23N3O2. The summed E-state index contributed by atoms with van der Waals surface area (Å²) in [5.41, 5.74) is 6.75. The van der Waals surface area contributed by atoms with Crippen molar-refractivity contribution >= 4 is 11.6 Å². The fourth-order valence-electron chi connectivity index (χ4n) is 2.49. The molecule has 1 aliphatic rings. The quantitative estimate of drug-likeness (QED) is 0.748. The van der Waals surface area contributed by atoms with Gasteiger partial charge >= 0.3 is 0 Å². The Morgan fingerprint density at radius 1 is 1.55 bits per heavy atom. The van der Waals surface area contributed by atoms with E-state index in [1.54, 1.807) is 0 Å². The van der Waals surface area contributed by atoms with Crippen LogP contribution in [0.25, 0.3) is 0 Å². The Hall–Kier alpha value is -1.43. The van der Waals surface area contributed by atoms with E-state index in [1.165, 1.54) is 0 Å². The van der Waals surface area contributed by atoms with Crippen LogP contribution >= 0.6 is 0 Å². The summed E-state index contributed by atoms with van der Waals surface area (Å²) in [6.07, 6.45) is 1.20. The first-order chi connectivity index (χ1) is 9.48. The van der Waals surface area contributed by atoms with Gasteiger partial charge < -0.3 is 16.2 Å². The number of β-amino-alcohol motifs (C(OH)–C–C–N with tert-alkyl or cyclic N) is 1. The number of hydrogen-bond donors (Lipinski definition) is 3. The van der Waals surface area contributed by atoms with Gasteiger partial charge in [-0.3, -0.25) is 9.69 Å². The molecular weight excluding hydrogens is 254 g/mol. The Kier molecular flexibility index (Phi) is 4.75. The van der Waals surface area contributed by atoms with E-state index in [-0.39, 0.29) is 5.91 Å². The van der Waals surface area contributed by atoms with Gasteiger partial charge in [-0.1, -0.05) is 12.1 Å². The summed E-state index contributed by atoms with van der Waals surface area (Å²) in [6.45, 7) is 4.47. The molecule has 5 heteroatoms. The highest BCUT2D eigenvalue weighted by molar-refractivity contribution is 5.90. The summed E-state index contributed by atoms with van der Waals surface area (Å²) in [6, 6.07) is 7.56. The first kappa shape index (κ1) is 15.0. The molecule has 1 amide bonds. The Morgan fingerprint density at radius 2 is 2.35 bits per heavy atom. The number of rotatable bonds is 5. The maximum atomic E-state index is 11.9. The minimum Gasteiger partial charge on any atom is -0.389 e. The lowest BCUT2D eigenvalue weighted by molar-refractivity contribution is -0.116. The molecule has 1 aromatic rings. The zero-order valence-electron chi connectivity index (χ0n) is 11.9. The lowest BCUT2D eigenvalue weighted by Crippen LogP contribution is -2.31. The Labute approximate surface area is 119 Å². The third-order valence-electron chi connectivity index (χ3n) is 3.63. The lowest BCUT2D eigenvalue weighted by atomic mass is 10.1. The predicted octanol–water partition coefficient (Wildman–Crippen LogP) is 0.931. The molecule has 0 aromatic heterocycles. The fraction of sp³-hybridized carbons (Fsp3) is 0.533. The number of nitrogens with zero attached hydrogens (tertiary/aromatic N) is 1. The number of anilines is 1. The van der Waals surface area contributed by atoms with E-state index in [1.807, 2.05) is 31.2 Å². The summed E-state index contributed by atoms with van der Waals surface area (Å²) in [5.74, 6) is -0.00860. The molecule has 2 rings (SSSR count). The van der Waals surface area contributed by atoms with Gasteiger partial charge in [0.15, 0.2) is 0 Å². The average Bonchev–Trinajstić information content (AvgIpc) is 2.76. The van der Waals surface area contributed by atoms with Gasteiger partial charge in [0.05, 0.1) is 5.60 Å². The number of benzene rings is 1. The van der Waals surface area contributed by atoms with Gasteiger partial charge in [-0.2, -0.15) is 0 Å². The lowest BCUT2D eigenvalue weighted by Gasteiger charge is -2.18. The van der Waals surface area contributed by atoms with E-state index in [0.717, 1.165) is 24.2 Å². The van der Waals surface area contributed by atoms with Crippen LogP contribution in [0.2, 0.25) is 0 Å². The number of carbonyl (C=O) groups is 1.